The van der Waals surface area contributed by atoms with Gasteiger partial charge >= 0.3 is 6.61 Å². The molecular formula is C17H19F2N2O2+. The predicted octanol–water partition coefficient (Wildman–Crippen LogP) is 2.55. The molecule has 3 N–H and O–H groups in total. The molecule has 2 rings (SSSR count). The minimum absolute atomic E-state index is 0.0576. The van der Waals surface area contributed by atoms with Crippen LogP contribution in [0.15, 0.2) is 54.6 Å². The van der Waals surface area contributed by atoms with E-state index < -0.39 is 6.61 Å². The molecule has 2 aromatic carbocycles. The molecule has 0 unspecified atom stereocenters. The topological polar surface area (TPSA) is 54.9 Å². The Balaban J connectivity index is 1.80. The largest absolute Gasteiger partial charge is 0.435 e. The third-order valence-corrected chi connectivity index (χ3v) is 3.35. The van der Waals surface area contributed by atoms with Crippen LogP contribution in [0.4, 0.5) is 14.5 Å². The van der Waals surface area contributed by atoms with Gasteiger partial charge in [0.25, 0.3) is 5.91 Å². The van der Waals surface area contributed by atoms with Crippen molar-refractivity contribution in [2.45, 2.75) is 19.6 Å². The second kappa shape index (κ2) is 8.24. The van der Waals surface area contributed by atoms with Gasteiger partial charge in [0.1, 0.15) is 11.8 Å². The summed E-state index contributed by atoms with van der Waals surface area (Å²) in [6, 6.07) is 15.9. The highest BCUT2D eigenvalue weighted by atomic mass is 19.3. The van der Waals surface area contributed by atoms with Crippen LogP contribution in [0.3, 0.4) is 0 Å². The second-order valence-corrected chi connectivity index (χ2v) is 5.09. The Bertz CT molecular complexity index is 618. The zero-order chi connectivity index (χ0) is 16.7. The molecule has 0 bridgehead atoms. The lowest BCUT2D eigenvalue weighted by molar-refractivity contribution is -0.682. The van der Waals surface area contributed by atoms with E-state index in [0.717, 1.165) is 5.56 Å². The first-order chi connectivity index (χ1) is 11.0. The molecule has 1 atom stereocenters. The van der Waals surface area contributed by atoms with E-state index in [0.29, 0.717) is 5.69 Å². The Hall–Kier alpha value is -2.47. The number of carbonyl (C=O) groups is 1. The minimum atomic E-state index is -2.86. The first-order valence-electron chi connectivity index (χ1n) is 7.27. The van der Waals surface area contributed by atoms with Crippen LogP contribution in [-0.4, -0.2) is 19.1 Å². The van der Waals surface area contributed by atoms with Crippen molar-refractivity contribution in [2.24, 2.45) is 0 Å². The Morgan fingerprint density at radius 3 is 2.39 bits per heavy atom. The van der Waals surface area contributed by atoms with E-state index in [2.05, 4.69) is 10.1 Å². The quantitative estimate of drug-likeness (QED) is 0.823. The molecule has 0 spiro atoms. The van der Waals surface area contributed by atoms with Crippen LogP contribution < -0.4 is 15.4 Å². The molecule has 0 aliphatic carbocycles. The standard InChI is InChI=1S/C17H18F2N2O2/c1-12(13-5-3-2-4-6-13)20-11-16(22)21-14-7-9-15(10-8-14)23-17(18)19/h2-10,12,17,20H,11H2,1H3,(H,21,22)/p+1/t12-/m1/s1. The first kappa shape index (κ1) is 16.9. The second-order valence-electron chi connectivity index (χ2n) is 5.09. The summed E-state index contributed by atoms with van der Waals surface area (Å²) >= 11 is 0. The van der Waals surface area contributed by atoms with E-state index >= 15 is 0 Å². The van der Waals surface area contributed by atoms with Crippen molar-refractivity contribution in [1.29, 1.82) is 0 Å². The Morgan fingerprint density at radius 1 is 1.13 bits per heavy atom. The summed E-state index contributed by atoms with van der Waals surface area (Å²) in [5.74, 6) is -0.0995. The molecule has 6 heteroatoms. The number of rotatable bonds is 7. The van der Waals surface area contributed by atoms with E-state index in [1.54, 1.807) is 0 Å². The summed E-state index contributed by atoms with van der Waals surface area (Å²) in [5, 5.41) is 4.65. The maximum atomic E-state index is 12.1. The van der Waals surface area contributed by atoms with Gasteiger partial charge in [-0.15, -0.1) is 0 Å². The molecule has 23 heavy (non-hydrogen) atoms. The molecule has 1 amide bonds. The fourth-order valence-corrected chi connectivity index (χ4v) is 2.11. The number of alkyl halides is 2. The van der Waals surface area contributed by atoms with Crippen molar-refractivity contribution in [3.63, 3.8) is 0 Å². The highest BCUT2D eigenvalue weighted by Crippen LogP contribution is 2.17. The summed E-state index contributed by atoms with van der Waals surface area (Å²) in [4.78, 5) is 11.9. The number of anilines is 1. The van der Waals surface area contributed by atoms with Gasteiger partial charge in [-0.1, -0.05) is 30.3 Å². The van der Waals surface area contributed by atoms with Crippen LogP contribution in [0.25, 0.3) is 0 Å². The number of hydrogen-bond donors (Lipinski definition) is 2. The summed E-state index contributed by atoms with van der Waals surface area (Å²) in [6.07, 6.45) is 0. The molecule has 0 saturated heterocycles. The van der Waals surface area contributed by atoms with Crippen molar-refractivity contribution < 1.29 is 23.6 Å². The normalized spacial score (nSPS) is 12.0. The third kappa shape index (κ3) is 5.67. The minimum Gasteiger partial charge on any atom is -0.435 e. The van der Waals surface area contributed by atoms with E-state index in [9.17, 15) is 13.6 Å². The van der Waals surface area contributed by atoms with Crippen molar-refractivity contribution in [1.82, 2.24) is 0 Å². The molecule has 0 fully saturated rings. The number of benzene rings is 2. The summed E-state index contributed by atoms with van der Waals surface area (Å²) in [5.41, 5.74) is 1.69. The first-order valence-corrected chi connectivity index (χ1v) is 7.27. The van der Waals surface area contributed by atoms with Crippen molar-refractivity contribution in [3.05, 3.63) is 60.2 Å². The van der Waals surface area contributed by atoms with E-state index in [4.69, 9.17) is 0 Å². The monoisotopic (exact) mass is 321 g/mol. The van der Waals surface area contributed by atoms with Crippen molar-refractivity contribution in [3.8, 4) is 5.75 Å². The van der Waals surface area contributed by atoms with Gasteiger partial charge in [0.05, 0.1) is 0 Å². The highest BCUT2D eigenvalue weighted by molar-refractivity contribution is 5.91. The van der Waals surface area contributed by atoms with Crippen molar-refractivity contribution >= 4 is 11.6 Å². The number of ether oxygens (including phenoxy) is 1. The average Bonchev–Trinajstić information content (AvgIpc) is 2.55. The molecule has 0 aliphatic heterocycles. The molecule has 0 aliphatic rings. The van der Waals surface area contributed by atoms with Crippen LogP contribution in [0.2, 0.25) is 0 Å². The van der Waals surface area contributed by atoms with Gasteiger partial charge in [0.2, 0.25) is 0 Å². The van der Waals surface area contributed by atoms with E-state index in [1.807, 2.05) is 42.6 Å². The summed E-state index contributed by atoms with van der Waals surface area (Å²) < 4.78 is 28.4. The Morgan fingerprint density at radius 2 is 1.78 bits per heavy atom. The van der Waals surface area contributed by atoms with Gasteiger partial charge in [-0.25, -0.2) is 0 Å². The highest BCUT2D eigenvalue weighted by Gasteiger charge is 2.11. The predicted molar refractivity (Wildman–Crippen MR) is 83.4 cm³/mol. The number of hydrogen-bond acceptors (Lipinski definition) is 2. The molecule has 4 nitrogen and oxygen atoms in total. The number of amides is 1. The maximum Gasteiger partial charge on any atom is 0.387 e. The van der Waals surface area contributed by atoms with Crippen molar-refractivity contribution in [2.75, 3.05) is 11.9 Å². The Kier molecular flexibility index (Phi) is 6.05. The van der Waals surface area contributed by atoms with Gasteiger partial charge < -0.3 is 15.4 Å². The fraction of sp³-hybridized carbons (Fsp3) is 0.235. The van der Waals surface area contributed by atoms with Gasteiger partial charge in [-0.05, 0) is 31.2 Å². The molecule has 2 aromatic rings. The zero-order valence-electron chi connectivity index (χ0n) is 12.7. The van der Waals surface area contributed by atoms with Crippen LogP contribution in [0.1, 0.15) is 18.5 Å². The Labute approximate surface area is 133 Å². The van der Waals surface area contributed by atoms with Crippen LogP contribution >= 0.6 is 0 Å². The third-order valence-electron chi connectivity index (χ3n) is 3.35. The molecule has 0 saturated carbocycles. The van der Waals surface area contributed by atoms with E-state index in [1.165, 1.54) is 24.3 Å². The number of nitrogens with two attached hydrogens (primary N) is 1. The summed E-state index contributed by atoms with van der Waals surface area (Å²) in [6.45, 7) is -0.561. The van der Waals surface area contributed by atoms with Gasteiger partial charge in [-0.2, -0.15) is 8.78 Å². The van der Waals surface area contributed by atoms with E-state index in [-0.39, 0.29) is 24.2 Å². The molecular weight excluding hydrogens is 302 g/mol. The molecule has 0 aromatic heterocycles. The smallest absolute Gasteiger partial charge is 0.387 e. The fourth-order valence-electron chi connectivity index (χ4n) is 2.11. The van der Waals surface area contributed by atoms with Gasteiger partial charge in [0, 0.05) is 11.3 Å². The van der Waals surface area contributed by atoms with Gasteiger partial charge in [-0.3, -0.25) is 4.79 Å². The molecule has 0 radical (unpaired) electrons. The summed E-state index contributed by atoms with van der Waals surface area (Å²) in [7, 11) is 0. The number of nitrogens with one attached hydrogen (secondary N) is 1. The number of quaternary nitrogens is 1. The number of carbonyl (C=O) groups excluding carboxylic acids is 1. The van der Waals surface area contributed by atoms with Gasteiger partial charge in [0.15, 0.2) is 6.54 Å². The van der Waals surface area contributed by atoms with Crippen LogP contribution in [-0.2, 0) is 4.79 Å². The number of halogens is 2. The zero-order valence-corrected chi connectivity index (χ0v) is 12.7. The SMILES string of the molecule is C[C@@H]([NH2+]CC(=O)Nc1ccc(OC(F)F)cc1)c1ccccc1. The van der Waals surface area contributed by atoms with Crippen LogP contribution in [0.5, 0.6) is 5.75 Å². The molecule has 122 valence electrons. The maximum absolute atomic E-state index is 12.1. The lowest BCUT2D eigenvalue weighted by atomic mass is 10.1. The van der Waals surface area contributed by atoms with Crippen LogP contribution in [0, 0.1) is 0 Å². The lowest BCUT2D eigenvalue weighted by Gasteiger charge is -2.11. The lowest BCUT2D eigenvalue weighted by Crippen LogP contribution is -2.86. The average molecular weight is 321 g/mol. The molecule has 0 heterocycles.